The molecule has 4 heavy (non-hydrogen) atoms. The Morgan fingerprint density at radius 3 is 1.00 bits per heavy atom. The van der Waals surface area contributed by atoms with E-state index in [9.17, 15) is 0 Å². The van der Waals surface area contributed by atoms with Crippen molar-refractivity contribution in [1.29, 1.82) is 0 Å². The Kier molecular flexibility index (Phi) is 2.04. The number of hydrogen-bond acceptors (Lipinski definition) is 0. The van der Waals surface area contributed by atoms with Crippen molar-refractivity contribution < 1.29 is 13.9 Å². The topological polar surface area (TPSA) is 0 Å². The van der Waals surface area contributed by atoms with E-state index in [-0.39, 0.29) is 13.9 Å². The van der Waals surface area contributed by atoms with Crippen molar-refractivity contribution in [3.05, 3.63) is 0 Å². The zero-order valence-electron chi connectivity index (χ0n) is 3.35. The molecule has 0 saturated heterocycles. The van der Waals surface area contributed by atoms with Crippen LogP contribution in [0, 0.1) is 0 Å². The Labute approximate surface area is 32.1 Å². The van der Waals surface area contributed by atoms with Crippen LogP contribution in [-0.2, 0) is 13.9 Å². The third kappa shape index (κ3) is 21.6. The third-order valence-corrected chi connectivity index (χ3v) is 0. The van der Waals surface area contributed by atoms with Crippen LogP contribution in [0.3, 0.4) is 0 Å². The molecule has 0 aromatic rings. The van der Waals surface area contributed by atoms with E-state index in [1.54, 1.807) is 0 Å². The van der Waals surface area contributed by atoms with Gasteiger partial charge in [-0.15, -0.1) is 0 Å². The summed E-state index contributed by atoms with van der Waals surface area (Å²) < 4.78 is 0. The summed E-state index contributed by atoms with van der Waals surface area (Å²) in [5.74, 6) is 6.75. The van der Waals surface area contributed by atoms with Crippen molar-refractivity contribution >= 4 is 0 Å². The molecule has 0 amide bonds. The zero-order chi connectivity index (χ0) is 3.58. The first-order chi connectivity index (χ1) is 1.73. The minimum absolute atomic E-state index is 0.250. The van der Waals surface area contributed by atoms with Crippen molar-refractivity contribution in [2.75, 3.05) is 0 Å². The molecule has 0 atom stereocenters. The minimum atomic E-state index is 0.250. The fourth-order valence-electron chi connectivity index (χ4n) is 0. The van der Waals surface area contributed by atoms with E-state index in [1.807, 2.05) is 0 Å². The molecule has 0 bridgehead atoms. The van der Waals surface area contributed by atoms with E-state index < -0.39 is 0 Å². The van der Waals surface area contributed by atoms with Gasteiger partial charge < -0.3 is 0 Å². The summed E-state index contributed by atoms with van der Waals surface area (Å²) in [6, 6.07) is 0. The molecule has 1 heteroatoms. The van der Waals surface area contributed by atoms with Crippen molar-refractivity contribution in [3.8, 4) is 0 Å². The van der Waals surface area contributed by atoms with Crippen molar-refractivity contribution in [1.82, 2.24) is 0 Å². The average Bonchev–Trinajstić information content (AvgIpc) is 0.811. The van der Waals surface area contributed by atoms with Gasteiger partial charge in [0.2, 0.25) is 0 Å². The summed E-state index contributed by atoms with van der Waals surface area (Å²) in [4.78, 5) is 0. The van der Waals surface area contributed by atoms with Crippen LogP contribution in [0.15, 0.2) is 0 Å². The molecule has 0 saturated carbocycles. The van der Waals surface area contributed by atoms with Crippen LogP contribution >= 0.6 is 0 Å². The molecular weight excluding hydrogens is 91.9 g/mol. The van der Waals surface area contributed by atoms with Crippen LogP contribution in [0.25, 0.3) is 0 Å². The van der Waals surface area contributed by atoms with Gasteiger partial charge in [-0.1, -0.05) is 0 Å². The van der Waals surface area contributed by atoms with Gasteiger partial charge in [0.15, 0.2) is 0 Å². The molecule has 0 aliphatic carbocycles. The van der Waals surface area contributed by atoms with Crippen molar-refractivity contribution in [3.63, 3.8) is 0 Å². The maximum absolute atomic E-state index is 2.25. The first-order valence-corrected chi connectivity index (χ1v) is 4.37. The Bertz CT molecular complexity index is 8.00. The molecule has 0 aliphatic rings. The molecule has 0 rings (SSSR count). The van der Waals surface area contributed by atoms with Crippen molar-refractivity contribution in [2.45, 2.75) is 17.5 Å². The van der Waals surface area contributed by atoms with Gasteiger partial charge in [0.25, 0.3) is 0 Å². The SMILES string of the molecule is [CH3][Fe]([CH3])[CH3]. The summed E-state index contributed by atoms with van der Waals surface area (Å²) >= 11 is 0.250. The predicted octanol–water partition coefficient (Wildman–Crippen LogP) is 1.75. The van der Waals surface area contributed by atoms with E-state index in [2.05, 4.69) is 17.5 Å². The van der Waals surface area contributed by atoms with Crippen LogP contribution in [0.4, 0.5) is 0 Å². The number of hydrogen-bond donors (Lipinski definition) is 0. The number of rotatable bonds is 0. The molecule has 0 aromatic heterocycles. The molecule has 0 aromatic carbocycles. The van der Waals surface area contributed by atoms with Gasteiger partial charge in [-0.25, -0.2) is 0 Å². The second kappa shape index (κ2) is 1.80. The van der Waals surface area contributed by atoms with Gasteiger partial charge in [0, 0.05) is 0 Å². The van der Waals surface area contributed by atoms with Crippen LogP contribution in [0.1, 0.15) is 0 Å². The Balaban J connectivity index is 2.32. The summed E-state index contributed by atoms with van der Waals surface area (Å²) in [5.41, 5.74) is 0. The van der Waals surface area contributed by atoms with Crippen LogP contribution in [-0.4, -0.2) is 0 Å². The Hall–Kier alpha value is 0.519. The molecule has 29 valence electrons. The predicted molar refractivity (Wildman–Crippen MR) is 17.6 cm³/mol. The van der Waals surface area contributed by atoms with Crippen molar-refractivity contribution in [2.24, 2.45) is 0 Å². The van der Waals surface area contributed by atoms with Gasteiger partial charge in [-0.3, -0.25) is 0 Å². The van der Waals surface area contributed by atoms with Gasteiger partial charge in [-0.2, -0.15) is 0 Å². The Morgan fingerprint density at radius 1 is 1.00 bits per heavy atom. The summed E-state index contributed by atoms with van der Waals surface area (Å²) in [5, 5.41) is 0. The van der Waals surface area contributed by atoms with Gasteiger partial charge in [-0.05, 0) is 0 Å². The normalized spacial score (nSPS) is 11.2. The van der Waals surface area contributed by atoms with Crippen LogP contribution in [0.2, 0.25) is 17.5 Å². The molecule has 0 radical (unpaired) electrons. The molecule has 0 N–H and O–H groups in total. The van der Waals surface area contributed by atoms with Gasteiger partial charge >= 0.3 is 31.4 Å². The fourth-order valence-corrected chi connectivity index (χ4v) is 0. The summed E-state index contributed by atoms with van der Waals surface area (Å²) in [6.07, 6.45) is 0. The second-order valence-corrected chi connectivity index (χ2v) is 4.37. The molecule has 0 nitrogen and oxygen atoms in total. The van der Waals surface area contributed by atoms with Gasteiger partial charge in [0.05, 0.1) is 0 Å². The second-order valence-electron chi connectivity index (χ2n) is 1.06. The molecule has 0 aliphatic heterocycles. The first kappa shape index (κ1) is 4.52. The monoisotopic (exact) mass is 101 g/mol. The molecule has 0 unspecified atom stereocenters. The maximum atomic E-state index is 2.25. The quantitative estimate of drug-likeness (QED) is 0.407. The molecule has 0 spiro atoms. The Morgan fingerprint density at radius 2 is 1.00 bits per heavy atom. The molecule has 0 heterocycles. The van der Waals surface area contributed by atoms with Crippen LogP contribution in [0.5, 0.6) is 0 Å². The van der Waals surface area contributed by atoms with E-state index in [1.165, 1.54) is 0 Å². The average molecular weight is 101 g/mol. The first-order valence-electron chi connectivity index (χ1n) is 1.06. The van der Waals surface area contributed by atoms with Crippen LogP contribution < -0.4 is 0 Å². The van der Waals surface area contributed by atoms with Gasteiger partial charge in [0.1, 0.15) is 0 Å². The van der Waals surface area contributed by atoms with E-state index >= 15 is 0 Å². The van der Waals surface area contributed by atoms with E-state index in [0.717, 1.165) is 0 Å². The summed E-state index contributed by atoms with van der Waals surface area (Å²) in [7, 11) is 0. The summed E-state index contributed by atoms with van der Waals surface area (Å²) in [6.45, 7) is 0. The third-order valence-electron chi connectivity index (χ3n) is 0. The zero-order valence-corrected chi connectivity index (χ0v) is 4.46. The standard InChI is InChI=1S/3CH3.Fe/h3*1H3;. The molecular formula is C3H9Fe. The molecule has 0 fully saturated rings. The van der Waals surface area contributed by atoms with E-state index in [0.29, 0.717) is 0 Å². The fraction of sp³-hybridized carbons (Fsp3) is 1.00. The van der Waals surface area contributed by atoms with E-state index in [4.69, 9.17) is 0 Å².